The Labute approximate surface area is 123 Å². The number of benzene rings is 1. The van der Waals surface area contributed by atoms with E-state index in [1.165, 1.54) is 12.1 Å². The normalized spacial score (nSPS) is 11.8. The average Bonchev–Trinajstić information content (AvgIpc) is 2.46. The Balaban J connectivity index is 2.86. The topological polar surface area (TPSA) is 107 Å². The Morgan fingerprint density at radius 2 is 2.19 bits per heavy atom. The Hall–Kier alpha value is -2.15. The van der Waals surface area contributed by atoms with Gasteiger partial charge in [-0.05, 0) is 25.5 Å². The first kappa shape index (κ1) is 16.9. The summed E-state index contributed by atoms with van der Waals surface area (Å²) in [6.45, 7) is 4.20. The molecular formula is C14H21N3O4. The van der Waals surface area contributed by atoms with E-state index in [0.717, 1.165) is 12.8 Å². The van der Waals surface area contributed by atoms with Crippen LogP contribution in [-0.2, 0) is 4.79 Å². The largest absolute Gasteiger partial charge is 0.494 e. The zero-order valence-corrected chi connectivity index (χ0v) is 12.3. The smallest absolute Gasteiger partial charge is 0.296 e. The van der Waals surface area contributed by atoms with Gasteiger partial charge >= 0.3 is 0 Å². The van der Waals surface area contributed by atoms with Gasteiger partial charge in [0.25, 0.3) is 5.69 Å². The molecule has 0 heterocycles. The van der Waals surface area contributed by atoms with Crippen molar-refractivity contribution in [1.82, 2.24) is 0 Å². The quantitative estimate of drug-likeness (QED) is 0.565. The highest BCUT2D eigenvalue weighted by atomic mass is 16.6. The van der Waals surface area contributed by atoms with Crippen molar-refractivity contribution in [3.05, 3.63) is 28.3 Å². The minimum Gasteiger partial charge on any atom is -0.494 e. The fraction of sp³-hybridized carbons (Fsp3) is 0.500. The van der Waals surface area contributed by atoms with Gasteiger partial charge in [-0.25, -0.2) is 0 Å². The zero-order valence-electron chi connectivity index (χ0n) is 12.3. The number of hydrogen-bond acceptors (Lipinski definition) is 5. The molecule has 0 aromatic heterocycles. The van der Waals surface area contributed by atoms with Gasteiger partial charge in [0.15, 0.2) is 0 Å². The highest BCUT2D eigenvalue weighted by molar-refractivity contribution is 5.96. The minimum atomic E-state index is -0.670. The molecule has 1 unspecified atom stereocenters. The van der Waals surface area contributed by atoms with Gasteiger partial charge in [-0.15, -0.1) is 0 Å². The fourth-order valence-corrected chi connectivity index (χ4v) is 1.81. The predicted molar refractivity (Wildman–Crippen MR) is 80.4 cm³/mol. The van der Waals surface area contributed by atoms with Crippen LogP contribution in [0.4, 0.5) is 11.4 Å². The maximum atomic E-state index is 11.9. The summed E-state index contributed by atoms with van der Waals surface area (Å²) >= 11 is 0. The van der Waals surface area contributed by atoms with Gasteiger partial charge in [-0.1, -0.05) is 19.8 Å². The molecular weight excluding hydrogens is 274 g/mol. The first-order chi connectivity index (χ1) is 9.99. The second kappa shape index (κ2) is 8.21. The molecule has 1 atom stereocenters. The molecule has 7 heteroatoms. The number of anilines is 1. The third-order valence-corrected chi connectivity index (χ3v) is 2.94. The molecule has 1 aromatic rings. The summed E-state index contributed by atoms with van der Waals surface area (Å²) in [4.78, 5) is 22.4. The average molecular weight is 295 g/mol. The zero-order chi connectivity index (χ0) is 15.8. The lowest BCUT2D eigenvalue weighted by atomic mass is 10.1. The van der Waals surface area contributed by atoms with Gasteiger partial charge < -0.3 is 15.8 Å². The molecule has 0 saturated heterocycles. The Morgan fingerprint density at radius 1 is 1.48 bits per heavy atom. The van der Waals surface area contributed by atoms with Gasteiger partial charge in [0, 0.05) is 0 Å². The van der Waals surface area contributed by atoms with Crippen molar-refractivity contribution in [2.75, 3.05) is 11.9 Å². The number of amides is 1. The predicted octanol–water partition coefficient (Wildman–Crippen LogP) is 2.45. The number of hydrogen-bond donors (Lipinski definition) is 2. The second-order valence-electron chi connectivity index (χ2n) is 4.61. The van der Waals surface area contributed by atoms with E-state index in [4.69, 9.17) is 10.5 Å². The molecule has 0 aliphatic rings. The van der Waals surface area contributed by atoms with E-state index in [9.17, 15) is 14.9 Å². The molecule has 0 bridgehead atoms. The molecule has 0 aliphatic heterocycles. The first-order valence-corrected chi connectivity index (χ1v) is 6.97. The summed E-state index contributed by atoms with van der Waals surface area (Å²) in [5, 5.41) is 13.6. The molecule has 3 N–H and O–H groups in total. The van der Waals surface area contributed by atoms with Crippen LogP contribution in [0, 0.1) is 10.1 Å². The molecule has 1 amide bonds. The number of nitro groups is 1. The number of ether oxygens (including phenoxy) is 1. The lowest BCUT2D eigenvalue weighted by Crippen LogP contribution is -2.35. The number of nitro benzene ring substituents is 1. The van der Waals surface area contributed by atoms with E-state index in [-0.39, 0.29) is 11.4 Å². The lowest BCUT2D eigenvalue weighted by Gasteiger charge is -2.12. The summed E-state index contributed by atoms with van der Waals surface area (Å²) in [5.41, 5.74) is 5.66. The number of nitrogens with one attached hydrogen (secondary N) is 1. The minimum absolute atomic E-state index is 0.125. The van der Waals surface area contributed by atoms with E-state index < -0.39 is 16.9 Å². The van der Waals surface area contributed by atoms with Gasteiger partial charge in [-0.3, -0.25) is 14.9 Å². The number of nitrogens with zero attached hydrogens (tertiary/aromatic N) is 1. The number of carbonyl (C=O) groups excluding carboxylic acids is 1. The molecule has 0 aliphatic carbocycles. The molecule has 1 rings (SSSR count). The molecule has 0 spiro atoms. The Bertz CT molecular complexity index is 505. The van der Waals surface area contributed by atoms with Crippen molar-refractivity contribution in [3.8, 4) is 5.75 Å². The molecule has 0 radical (unpaired) electrons. The van der Waals surface area contributed by atoms with E-state index in [2.05, 4.69) is 5.32 Å². The van der Waals surface area contributed by atoms with Crippen molar-refractivity contribution in [2.24, 2.45) is 5.73 Å². The van der Waals surface area contributed by atoms with Crippen LogP contribution < -0.4 is 15.8 Å². The SMILES string of the molecule is CCCCC(N)C(=O)Nc1ccc(OCC)cc1[N+](=O)[O-]. The number of rotatable bonds is 8. The van der Waals surface area contributed by atoms with Crippen LogP contribution in [-0.4, -0.2) is 23.5 Å². The monoisotopic (exact) mass is 295 g/mol. The van der Waals surface area contributed by atoms with E-state index in [1.807, 2.05) is 6.92 Å². The van der Waals surface area contributed by atoms with Crippen molar-refractivity contribution in [1.29, 1.82) is 0 Å². The van der Waals surface area contributed by atoms with Crippen LogP contribution >= 0.6 is 0 Å². The summed E-state index contributed by atoms with van der Waals surface area (Å²) in [5.74, 6) is -0.0341. The molecule has 0 fully saturated rings. The summed E-state index contributed by atoms with van der Waals surface area (Å²) in [6.07, 6.45) is 2.32. The van der Waals surface area contributed by atoms with Crippen molar-refractivity contribution in [3.63, 3.8) is 0 Å². The number of carbonyl (C=O) groups is 1. The van der Waals surface area contributed by atoms with E-state index in [0.29, 0.717) is 18.8 Å². The molecule has 0 saturated carbocycles. The maximum Gasteiger partial charge on any atom is 0.296 e. The molecule has 21 heavy (non-hydrogen) atoms. The van der Waals surface area contributed by atoms with Crippen LogP contribution in [0.25, 0.3) is 0 Å². The summed E-state index contributed by atoms with van der Waals surface area (Å²) < 4.78 is 5.22. The molecule has 1 aromatic carbocycles. The Kier molecular flexibility index (Phi) is 6.61. The van der Waals surface area contributed by atoms with E-state index in [1.54, 1.807) is 13.0 Å². The number of unbranched alkanes of at least 4 members (excludes halogenated alkanes) is 1. The van der Waals surface area contributed by atoms with Crippen molar-refractivity contribution in [2.45, 2.75) is 39.2 Å². The second-order valence-corrected chi connectivity index (χ2v) is 4.61. The summed E-state index contributed by atoms with van der Waals surface area (Å²) in [6, 6.07) is 3.64. The Morgan fingerprint density at radius 3 is 2.76 bits per heavy atom. The third kappa shape index (κ3) is 5.03. The third-order valence-electron chi connectivity index (χ3n) is 2.94. The van der Waals surface area contributed by atoms with Crippen LogP contribution in [0.1, 0.15) is 33.1 Å². The van der Waals surface area contributed by atoms with Crippen LogP contribution in [0.15, 0.2) is 18.2 Å². The lowest BCUT2D eigenvalue weighted by molar-refractivity contribution is -0.384. The van der Waals surface area contributed by atoms with Gasteiger partial charge in [0.1, 0.15) is 11.4 Å². The number of nitrogens with two attached hydrogens (primary N) is 1. The van der Waals surface area contributed by atoms with Crippen LogP contribution in [0.5, 0.6) is 5.75 Å². The van der Waals surface area contributed by atoms with Gasteiger partial charge in [0.2, 0.25) is 5.91 Å². The first-order valence-electron chi connectivity index (χ1n) is 6.97. The molecule has 116 valence electrons. The van der Waals surface area contributed by atoms with Crippen LogP contribution in [0.3, 0.4) is 0 Å². The van der Waals surface area contributed by atoms with Gasteiger partial charge in [0.05, 0.1) is 23.6 Å². The fourth-order valence-electron chi connectivity index (χ4n) is 1.81. The van der Waals surface area contributed by atoms with Crippen molar-refractivity contribution >= 4 is 17.3 Å². The summed E-state index contributed by atoms with van der Waals surface area (Å²) in [7, 11) is 0. The highest BCUT2D eigenvalue weighted by Crippen LogP contribution is 2.29. The van der Waals surface area contributed by atoms with Crippen LogP contribution in [0.2, 0.25) is 0 Å². The van der Waals surface area contributed by atoms with Crippen molar-refractivity contribution < 1.29 is 14.5 Å². The standard InChI is InChI=1S/C14H21N3O4/c1-3-5-6-11(15)14(18)16-12-8-7-10(21-4-2)9-13(12)17(19)20/h7-9,11H,3-6,15H2,1-2H3,(H,16,18). The van der Waals surface area contributed by atoms with Gasteiger partial charge in [-0.2, -0.15) is 0 Å². The molecule has 7 nitrogen and oxygen atoms in total. The highest BCUT2D eigenvalue weighted by Gasteiger charge is 2.20. The van der Waals surface area contributed by atoms with E-state index >= 15 is 0 Å². The maximum absolute atomic E-state index is 11.9.